The quantitative estimate of drug-likeness (QED) is 0.804. The Morgan fingerprint density at radius 3 is 3.00 bits per heavy atom. The number of benzene rings is 1. The van der Waals surface area contributed by atoms with Gasteiger partial charge in [0.1, 0.15) is 0 Å². The van der Waals surface area contributed by atoms with Gasteiger partial charge in [-0.1, -0.05) is 0 Å². The molecule has 2 aromatic rings. The Balaban J connectivity index is 2.45. The van der Waals surface area contributed by atoms with Crippen LogP contribution >= 0.6 is 11.3 Å². The molecule has 0 amide bonds. The molecule has 15 heavy (non-hydrogen) atoms. The zero-order chi connectivity index (χ0) is 10.8. The van der Waals surface area contributed by atoms with Gasteiger partial charge in [-0.3, -0.25) is 4.79 Å². The first-order valence-electron chi connectivity index (χ1n) is 4.88. The van der Waals surface area contributed by atoms with Crippen LogP contribution in [0.25, 0.3) is 10.1 Å². The van der Waals surface area contributed by atoms with Gasteiger partial charge in [-0.2, -0.15) is 0 Å². The van der Waals surface area contributed by atoms with Gasteiger partial charge in [-0.05, 0) is 48.5 Å². The number of aryl methyl sites for hydroxylation is 1. The molecule has 0 aliphatic carbocycles. The van der Waals surface area contributed by atoms with Crippen LogP contribution in [0.4, 0.5) is 0 Å². The molecule has 0 radical (unpaired) electrons. The molecule has 0 aliphatic rings. The van der Waals surface area contributed by atoms with Gasteiger partial charge >= 0.3 is 0 Å². The van der Waals surface area contributed by atoms with E-state index in [1.54, 1.807) is 18.4 Å². The van der Waals surface area contributed by atoms with Crippen molar-refractivity contribution in [3.8, 4) is 0 Å². The van der Waals surface area contributed by atoms with Crippen LogP contribution in [0.1, 0.15) is 15.9 Å². The predicted octanol–water partition coefficient (Wildman–Crippen LogP) is 2.61. The number of fused-ring (bicyclic) bond motifs is 1. The third-order valence-electron chi connectivity index (χ3n) is 2.43. The topological polar surface area (TPSA) is 29.1 Å². The van der Waals surface area contributed by atoms with Crippen LogP contribution in [0.3, 0.4) is 0 Å². The van der Waals surface area contributed by atoms with E-state index in [1.165, 1.54) is 15.6 Å². The molecule has 3 heteroatoms. The van der Waals surface area contributed by atoms with Crippen LogP contribution in [-0.2, 0) is 0 Å². The number of thiophene rings is 1. The summed E-state index contributed by atoms with van der Waals surface area (Å²) in [6.07, 6.45) is 0. The first-order valence-corrected chi connectivity index (χ1v) is 5.76. The SMILES string of the molecule is CNCC(=O)c1ccc2scc(C)c2c1. The molecular weight excluding hydrogens is 206 g/mol. The van der Waals surface area contributed by atoms with Crippen molar-refractivity contribution in [2.75, 3.05) is 13.6 Å². The molecule has 0 fully saturated rings. The van der Waals surface area contributed by atoms with Gasteiger partial charge in [0, 0.05) is 10.3 Å². The summed E-state index contributed by atoms with van der Waals surface area (Å²) in [4.78, 5) is 11.7. The lowest BCUT2D eigenvalue weighted by atomic mass is 10.1. The zero-order valence-electron chi connectivity index (χ0n) is 8.83. The third-order valence-corrected chi connectivity index (χ3v) is 3.51. The summed E-state index contributed by atoms with van der Waals surface area (Å²) in [5.41, 5.74) is 2.03. The van der Waals surface area contributed by atoms with Crippen LogP contribution in [0.5, 0.6) is 0 Å². The van der Waals surface area contributed by atoms with E-state index >= 15 is 0 Å². The van der Waals surface area contributed by atoms with Crippen LogP contribution in [-0.4, -0.2) is 19.4 Å². The molecule has 78 valence electrons. The van der Waals surface area contributed by atoms with Crippen LogP contribution in [0.2, 0.25) is 0 Å². The summed E-state index contributed by atoms with van der Waals surface area (Å²) in [6, 6.07) is 5.91. The Bertz CT molecular complexity index is 501. The fourth-order valence-electron chi connectivity index (χ4n) is 1.59. The van der Waals surface area contributed by atoms with Gasteiger partial charge in [0.25, 0.3) is 0 Å². The molecule has 0 spiro atoms. The minimum atomic E-state index is 0.144. The number of rotatable bonds is 3. The van der Waals surface area contributed by atoms with E-state index in [-0.39, 0.29) is 5.78 Å². The highest BCUT2D eigenvalue weighted by Gasteiger charge is 2.07. The Morgan fingerprint density at radius 1 is 1.47 bits per heavy atom. The van der Waals surface area contributed by atoms with Crippen molar-refractivity contribution in [3.05, 3.63) is 34.7 Å². The molecule has 0 unspecified atom stereocenters. The van der Waals surface area contributed by atoms with Crippen molar-refractivity contribution >= 4 is 27.2 Å². The van der Waals surface area contributed by atoms with E-state index in [0.717, 1.165) is 5.56 Å². The van der Waals surface area contributed by atoms with Crippen molar-refractivity contribution in [2.24, 2.45) is 0 Å². The maximum Gasteiger partial charge on any atom is 0.176 e. The monoisotopic (exact) mass is 219 g/mol. The second-order valence-corrected chi connectivity index (χ2v) is 4.49. The summed E-state index contributed by atoms with van der Waals surface area (Å²) in [6.45, 7) is 2.47. The standard InChI is InChI=1S/C12H13NOS/c1-8-7-15-12-4-3-9(5-10(8)12)11(14)6-13-2/h3-5,7,13H,6H2,1-2H3. The lowest BCUT2D eigenvalue weighted by Crippen LogP contribution is -2.18. The summed E-state index contributed by atoms with van der Waals surface area (Å²) in [5, 5.41) is 6.19. The van der Waals surface area contributed by atoms with Crippen LogP contribution in [0.15, 0.2) is 23.6 Å². The molecule has 2 nitrogen and oxygen atoms in total. The van der Waals surface area contributed by atoms with Crippen molar-refractivity contribution in [1.29, 1.82) is 0 Å². The second kappa shape index (κ2) is 4.13. The number of hydrogen-bond acceptors (Lipinski definition) is 3. The van der Waals surface area contributed by atoms with Crippen molar-refractivity contribution in [3.63, 3.8) is 0 Å². The van der Waals surface area contributed by atoms with E-state index in [9.17, 15) is 4.79 Å². The number of hydrogen-bond donors (Lipinski definition) is 1. The normalized spacial score (nSPS) is 10.8. The average molecular weight is 219 g/mol. The Hall–Kier alpha value is -1.19. The lowest BCUT2D eigenvalue weighted by molar-refractivity contribution is 0.0994. The summed E-state index contributed by atoms with van der Waals surface area (Å²) >= 11 is 1.72. The number of carbonyl (C=O) groups excluding carboxylic acids is 1. The molecular formula is C12H13NOS. The summed E-state index contributed by atoms with van der Waals surface area (Å²) in [5.74, 6) is 0.144. The highest BCUT2D eigenvalue weighted by atomic mass is 32.1. The highest BCUT2D eigenvalue weighted by Crippen LogP contribution is 2.26. The Morgan fingerprint density at radius 2 is 2.27 bits per heavy atom. The molecule has 2 rings (SSSR count). The smallest absolute Gasteiger partial charge is 0.176 e. The molecule has 0 bridgehead atoms. The fourth-order valence-corrected chi connectivity index (χ4v) is 2.52. The van der Waals surface area contributed by atoms with Gasteiger partial charge in [0.15, 0.2) is 5.78 Å². The van der Waals surface area contributed by atoms with Gasteiger partial charge in [0.05, 0.1) is 6.54 Å². The zero-order valence-corrected chi connectivity index (χ0v) is 9.65. The van der Waals surface area contributed by atoms with E-state index in [1.807, 2.05) is 18.2 Å². The molecule has 1 aromatic carbocycles. The molecule has 1 heterocycles. The van der Waals surface area contributed by atoms with E-state index in [2.05, 4.69) is 17.6 Å². The van der Waals surface area contributed by atoms with E-state index in [0.29, 0.717) is 6.54 Å². The maximum atomic E-state index is 11.7. The average Bonchev–Trinajstić information content (AvgIpc) is 2.60. The Labute approximate surface area is 92.9 Å². The first kappa shape index (κ1) is 10.3. The molecule has 0 saturated carbocycles. The minimum absolute atomic E-state index is 0.144. The molecule has 1 N–H and O–H groups in total. The van der Waals surface area contributed by atoms with Gasteiger partial charge in [0.2, 0.25) is 0 Å². The second-order valence-electron chi connectivity index (χ2n) is 3.58. The number of ketones is 1. The first-order chi connectivity index (χ1) is 7.22. The molecule has 0 atom stereocenters. The van der Waals surface area contributed by atoms with Gasteiger partial charge in [-0.15, -0.1) is 11.3 Å². The van der Waals surface area contributed by atoms with Crippen LogP contribution < -0.4 is 5.32 Å². The maximum absolute atomic E-state index is 11.7. The summed E-state index contributed by atoms with van der Waals surface area (Å²) < 4.78 is 1.24. The Kier molecular flexibility index (Phi) is 2.84. The largest absolute Gasteiger partial charge is 0.313 e. The van der Waals surface area contributed by atoms with Gasteiger partial charge < -0.3 is 5.32 Å². The third kappa shape index (κ3) is 1.94. The number of likely N-dealkylation sites (N-methyl/N-ethyl adjacent to an activating group) is 1. The van der Waals surface area contributed by atoms with Crippen molar-refractivity contribution in [1.82, 2.24) is 5.32 Å². The minimum Gasteiger partial charge on any atom is -0.313 e. The summed E-state index contributed by atoms with van der Waals surface area (Å²) in [7, 11) is 1.78. The number of nitrogens with one attached hydrogen (secondary N) is 1. The molecule has 0 saturated heterocycles. The lowest BCUT2D eigenvalue weighted by Gasteiger charge is -2.00. The number of Topliss-reactive ketones (excluding diaryl/α,β-unsaturated/α-hetero) is 1. The van der Waals surface area contributed by atoms with Crippen molar-refractivity contribution < 1.29 is 4.79 Å². The molecule has 0 aliphatic heterocycles. The fraction of sp³-hybridized carbons (Fsp3) is 0.250. The van der Waals surface area contributed by atoms with Gasteiger partial charge in [-0.25, -0.2) is 0 Å². The van der Waals surface area contributed by atoms with E-state index in [4.69, 9.17) is 0 Å². The van der Waals surface area contributed by atoms with Crippen LogP contribution in [0, 0.1) is 6.92 Å². The van der Waals surface area contributed by atoms with E-state index < -0.39 is 0 Å². The highest BCUT2D eigenvalue weighted by molar-refractivity contribution is 7.17. The predicted molar refractivity (Wildman–Crippen MR) is 64.8 cm³/mol. The molecule has 1 aromatic heterocycles. The van der Waals surface area contributed by atoms with Crippen molar-refractivity contribution in [2.45, 2.75) is 6.92 Å². The number of carbonyl (C=O) groups is 1.